The molecule has 0 radical (unpaired) electrons. The lowest BCUT2D eigenvalue weighted by Crippen LogP contribution is -2.17. The summed E-state index contributed by atoms with van der Waals surface area (Å²) in [5.41, 5.74) is 6.32. The average Bonchev–Trinajstić information content (AvgIpc) is 3.05. The Balaban J connectivity index is 1.81. The van der Waals surface area contributed by atoms with Crippen molar-refractivity contribution in [3.8, 4) is 5.75 Å². The number of carbonyl (C=O) groups excluding carboxylic acids is 2. The van der Waals surface area contributed by atoms with Gasteiger partial charge in [0.25, 0.3) is 11.8 Å². The molecule has 2 amide bonds. The van der Waals surface area contributed by atoms with Crippen LogP contribution in [0, 0.1) is 0 Å². The number of primary amides is 1. The van der Waals surface area contributed by atoms with Gasteiger partial charge in [-0.05, 0) is 24.3 Å². The minimum Gasteiger partial charge on any atom is -0.497 e. The van der Waals surface area contributed by atoms with Crippen molar-refractivity contribution in [1.29, 1.82) is 0 Å². The SMILES string of the molecule is COc1ccc(C(=O)Nc2sc(Nc3cncnc3)nc2C(N)=O)cc1. The summed E-state index contributed by atoms with van der Waals surface area (Å²) >= 11 is 1.08. The number of aromatic nitrogens is 3. The summed E-state index contributed by atoms with van der Waals surface area (Å²) in [4.78, 5) is 35.9. The number of benzene rings is 1. The Kier molecular flexibility index (Phi) is 5.04. The van der Waals surface area contributed by atoms with Crippen LogP contribution >= 0.6 is 11.3 Å². The van der Waals surface area contributed by atoms with Crippen molar-refractivity contribution in [1.82, 2.24) is 15.0 Å². The number of ether oxygens (including phenoxy) is 1. The van der Waals surface area contributed by atoms with E-state index < -0.39 is 11.8 Å². The van der Waals surface area contributed by atoms with E-state index in [0.29, 0.717) is 22.1 Å². The lowest BCUT2D eigenvalue weighted by atomic mass is 10.2. The van der Waals surface area contributed by atoms with Gasteiger partial charge in [-0.25, -0.2) is 15.0 Å². The quantitative estimate of drug-likeness (QED) is 0.605. The smallest absolute Gasteiger partial charge is 0.270 e. The Bertz CT molecular complexity index is 927. The fourth-order valence-electron chi connectivity index (χ4n) is 2.03. The number of methoxy groups -OCH3 is 1. The third-order valence-corrected chi connectivity index (χ3v) is 4.14. The van der Waals surface area contributed by atoms with Gasteiger partial charge in [-0.1, -0.05) is 11.3 Å². The molecular weight excluding hydrogens is 356 g/mol. The molecule has 0 saturated carbocycles. The maximum Gasteiger partial charge on any atom is 0.270 e. The maximum absolute atomic E-state index is 12.4. The number of anilines is 3. The van der Waals surface area contributed by atoms with Crippen LogP contribution in [0.1, 0.15) is 20.8 Å². The number of amides is 2. The van der Waals surface area contributed by atoms with E-state index in [4.69, 9.17) is 10.5 Å². The maximum atomic E-state index is 12.4. The monoisotopic (exact) mass is 370 g/mol. The molecule has 0 unspecified atom stereocenters. The minimum atomic E-state index is -0.747. The standard InChI is InChI=1S/C16H14N6O3S/c1-25-11-4-2-9(3-5-11)14(24)22-15-12(13(17)23)21-16(26-15)20-10-6-18-8-19-7-10/h2-8H,1H3,(H2,17,23)(H,20,21)(H,22,24). The van der Waals surface area contributed by atoms with Crippen LogP contribution < -0.4 is 21.1 Å². The molecule has 9 nitrogen and oxygen atoms in total. The van der Waals surface area contributed by atoms with Gasteiger partial charge in [0.05, 0.1) is 25.2 Å². The molecule has 1 aromatic carbocycles. The molecule has 0 atom stereocenters. The summed E-state index contributed by atoms with van der Waals surface area (Å²) in [5, 5.41) is 6.23. The van der Waals surface area contributed by atoms with E-state index in [2.05, 4.69) is 25.6 Å². The molecule has 132 valence electrons. The van der Waals surface area contributed by atoms with E-state index >= 15 is 0 Å². The number of rotatable bonds is 6. The topological polar surface area (TPSA) is 132 Å². The normalized spacial score (nSPS) is 10.2. The summed E-state index contributed by atoms with van der Waals surface area (Å²) < 4.78 is 5.06. The van der Waals surface area contributed by atoms with Gasteiger partial charge in [0.15, 0.2) is 10.8 Å². The van der Waals surface area contributed by atoms with Gasteiger partial charge in [-0.2, -0.15) is 0 Å². The molecule has 2 heterocycles. The molecule has 2 aromatic heterocycles. The van der Waals surface area contributed by atoms with Crippen molar-refractivity contribution >= 4 is 39.0 Å². The van der Waals surface area contributed by atoms with E-state index in [-0.39, 0.29) is 10.7 Å². The van der Waals surface area contributed by atoms with Crippen LogP contribution in [0.2, 0.25) is 0 Å². The number of thiazole rings is 1. The summed E-state index contributed by atoms with van der Waals surface area (Å²) in [6, 6.07) is 6.55. The predicted molar refractivity (Wildman–Crippen MR) is 96.9 cm³/mol. The van der Waals surface area contributed by atoms with Crippen molar-refractivity contribution in [3.05, 3.63) is 54.2 Å². The molecule has 0 aliphatic rings. The number of nitrogens with zero attached hydrogens (tertiary/aromatic N) is 3. The zero-order chi connectivity index (χ0) is 18.5. The number of nitrogens with two attached hydrogens (primary N) is 1. The second-order valence-electron chi connectivity index (χ2n) is 5.00. The lowest BCUT2D eigenvalue weighted by Gasteiger charge is -2.04. The van der Waals surface area contributed by atoms with E-state index in [0.717, 1.165) is 11.3 Å². The summed E-state index contributed by atoms with van der Waals surface area (Å²) in [6.07, 6.45) is 4.49. The highest BCUT2D eigenvalue weighted by Crippen LogP contribution is 2.30. The van der Waals surface area contributed by atoms with E-state index in [1.165, 1.54) is 13.4 Å². The summed E-state index contributed by atoms with van der Waals surface area (Å²) in [5.74, 6) is -0.509. The predicted octanol–water partition coefficient (Wildman–Crippen LogP) is 2.04. The second-order valence-corrected chi connectivity index (χ2v) is 5.99. The Morgan fingerprint density at radius 1 is 1.15 bits per heavy atom. The highest BCUT2D eigenvalue weighted by Gasteiger charge is 2.19. The van der Waals surface area contributed by atoms with Gasteiger partial charge < -0.3 is 21.1 Å². The molecule has 3 aromatic rings. The third kappa shape index (κ3) is 3.92. The summed E-state index contributed by atoms with van der Waals surface area (Å²) in [6.45, 7) is 0. The van der Waals surface area contributed by atoms with Gasteiger partial charge in [0.2, 0.25) is 0 Å². The van der Waals surface area contributed by atoms with Crippen molar-refractivity contribution in [2.45, 2.75) is 0 Å². The van der Waals surface area contributed by atoms with Crippen molar-refractivity contribution in [2.24, 2.45) is 5.73 Å². The second kappa shape index (κ2) is 7.57. The van der Waals surface area contributed by atoms with Gasteiger partial charge in [-0.3, -0.25) is 9.59 Å². The Morgan fingerprint density at radius 3 is 2.46 bits per heavy atom. The molecule has 0 bridgehead atoms. The molecule has 0 spiro atoms. The number of hydrogen-bond acceptors (Lipinski definition) is 8. The van der Waals surface area contributed by atoms with Crippen LogP contribution in [0.3, 0.4) is 0 Å². The number of nitrogens with one attached hydrogen (secondary N) is 2. The molecule has 3 rings (SSSR count). The van der Waals surface area contributed by atoms with Crippen molar-refractivity contribution < 1.29 is 14.3 Å². The van der Waals surface area contributed by atoms with Gasteiger partial charge in [-0.15, -0.1) is 0 Å². The third-order valence-electron chi connectivity index (χ3n) is 3.25. The number of carbonyl (C=O) groups is 2. The highest BCUT2D eigenvalue weighted by molar-refractivity contribution is 7.20. The zero-order valence-electron chi connectivity index (χ0n) is 13.6. The van der Waals surface area contributed by atoms with E-state index in [9.17, 15) is 9.59 Å². The van der Waals surface area contributed by atoms with Crippen LogP contribution in [0.5, 0.6) is 5.75 Å². The first-order valence-corrected chi connectivity index (χ1v) is 8.16. The first-order valence-electron chi connectivity index (χ1n) is 7.35. The minimum absolute atomic E-state index is 0.0313. The molecule has 0 fully saturated rings. The Morgan fingerprint density at radius 2 is 1.85 bits per heavy atom. The molecule has 0 saturated heterocycles. The van der Waals surface area contributed by atoms with Crippen LogP contribution in [0.25, 0.3) is 0 Å². The van der Waals surface area contributed by atoms with E-state index in [1.54, 1.807) is 36.7 Å². The molecule has 26 heavy (non-hydrogen) atoms. The highest BCUT2D eigenvalue weighted by atomic mass is 32.1. The van der Waals surface area contributed by atoms with Crippen molar-refractivity contribution in [2.75, 3.05) is 17.7 Å². The molecule has 0 aliphatic heterocycles. The van der Waals surface area contributed by atoms with Crippen LogP contribution in [0.15, 0.2) is 43.0 Å². The first-order chi connectivity index (χ1) is 12.6. The lowest BCUT2D eigenvalue weighted by molar-refractivity contribution is 0.0997. The zero-order valence-corrected chi connectivity index (χ0v) is 14.4. The molecule has 10 heteroatoms. The van der Waals surface area contributed by atoms with Crippen LogP contribution in [0.4, 0.5) is 15.8 Å². The molecule has 4 N–H and O–H groups in total. The van der Waals surface area contributed by atoms with Crippen molar-refractivity contribution in [3.63, 3.8) is 0 Å². The molecular formula is C16H14N6O3S. The number of hydrogen-bond donors (Lipinski definition) is 3. The first kappa shape index (κ1) is 17.3. The van der Waals surface area contributed by atoms with Crippen LogP contribution in [-0.4, -0.2) is 33.9 Å². The van der Waals surface area contributed by atoms with E-state index in [1.807, 2.05) is 0 Å². The fourth-order valence-corrected chi connectivity index (χ4v) is 2.92. The fraction of sp³-hybridized carbons (Fsp3) is 0.0625. The van der Waals surface area contributed by atoms with Gasteiger partial charge >= 0.3 is 0 Å². The largest absolute Gasteiger partial charge is 0.497 e. The Hall–Kier alpha value is -3.53. The van der Waals surface area contributed by atoms with Gasteiger partial charge in [0, 0.05) is 5.56 Å². The average molecular weight is 370 g/mol. The van der Waals surface area contributed by atoms with Crippen LogP contribution in [-0.2, 0) is 0 Å². The van der Waals surface area contributed by atoms with Gasteiger partial charge in [0.1, 0.15) is 17.1 Å². The summed E-state index contributed by atoms with van der Waals surface area (Å²) in [7, 11) is 1.54. The molecule has 0 aliphatic carbocycles. The Labute approximate surface area is 152 Å².